The maximum atomic E-state index is 6.58. The van der Waals surface area contributed by atoms with E-state index in [0.717, 1.165) is 39.0 Å². The van der Waals surface area contributed by atoms with Crippen LogP contribution in [-0.2, 0) is 10.8 Å². The van der Waals surface area contributed by atoms with E-state index in [0.29, 0.717) is 0 Å². The van der Waals surface area contributed by atoms with Crippen molar-refractivity contribution in [2.24, 2.45) is 0 Å². The van der Waals surface area contributed by atoms with Gasteiger partial charge in [-0.15, -0.1) is 0 Å². The third-order valence-electron chi connectivity index (χ3n) is 17.0. The molecule has 3 heteroatoms. The second kappa shape index (κ2) is 15.5. The molecule has 2 heterocycles. The molecule has 1 saturated carbocycles. The SMILES string of the molecule is CC1(C)c2ccccc2-c2cc3c4cc(-c5ccc(N(c6cccc7c6-c6ccccc6C76CCCCC6)c6cccc7oc8ccccc8c67)cc5)ccc4n(-c4cccc(-c5ccccc5)c4)c3cc21. The molecule has 15 rings (SSSR count). The second-order valence-electron chi connectivity index (χ2n) is 21.1. The lowest BCUT2D eigenvalue weighted by atomic mass is 9.68. The van der Waals surface area contributed by atoms with Crippen LogP contribution in [0, 0.1) is 0 Å². The van der Waals surface area contributed by atoms with Gasteiger partial charge in [-0.1, -0.05) is 179 Å². The van der Waals surface area contributed by atoms with Crippen LogP contribution >= 0.6 is 0 Å². The molecule has 72 heavy (non-hydrogen) atoms. The minimum absolute atomic E-state index is 0.0379. The van der Waals surface area contributed by atoms with E-state index >= 15 is 0 Å². The topological polar surface area (TPSA) is 21.3 Å². The van der Waals surface area contributed by atoms with E-state index in [1.165, 1.54) is 126 Å². The second-order valence-corrected chi connectivity index (χ2v) is 21.1. The van der Waals surface area contributed by atoms with Crippen molar-refractivity contribution in [3.8, 4) is 50.2 Å². The summed E-state index contributed by atoms with van der Waals surface area (Å²) in [6.07, 6.45) is 6.19. The normalized spacial score (nSPS) is 15.0. The largest absolute Gasteiger partial charge is 0.456 e. The van der Waals surface area contributed by atoms with Crippen LogP contribution in [0.3, 0.4) is 0 Å². The summed E-state index contributed by atoms with van der Waals surface area (Å²) < 4.78 is 9.07. The van der Waals surface area contributed by atoms with E-state index < -0.39 is 0 Å². The highest BCUT2D eigenvalue weighted by molar-refractivity contribution is 6.15. The fourth-order valence-corrected chi connectivity index (χ4v) is 13.6. The molecule has 0 unspecified atom stereocenters. The Bertz CT molecular complexity index is 4160. The average Bonchev–Trinajstić information content (AvgIpc) is 4.13. The summed E-state index contributed by atoms with van der Waals surface area (Å²) >= 11 is 0. The van der Waals surface area contributed by atoms with E-state index in [1.807, 2.05) is 0 Å². The molecule has 0 saturated heterocycles. The quantitative estimate of drug-likeness (QED) is 0.166. The molecular weight excluding hydrogens is 873 g/mol. The Morgan fingerprint density at radius 3 is 1.92 bits per heavy atom. The summed E-state index contributed by atoms with van der Waals surface area (Å²) in [5.41, 5.74) is 24.6. The van der Waals surface area contributed by atoms with Gasteiger partial charge in [-0.25, -0.2) is 0 Å². The molecule has 0 atom stereocenters. The Morgan fingerprint density at radius 1 is 0.417 bits per heavy atom. The van der Waals surface area contributed by atoms with Crippen molar-refractivity contribution in [2.45, 2.75) is 56.8 Å². The minimum Gasteiger partial charge on any atom is -0.456 e. The molecule has 0 amide bonds. The van der Waals surface area contributed by atoms with Gasteiger partial charge in [-0.05, 0) is 147 Å². The molecule has 3 nitrogen and oxygen atoms in total. The van der Waals surface area contributed by atoms with Gasteiger partial charge in [0.05, 0.1) is 27.8 Å². The number of hydrogen-bond acceptors (Lipinski definition) is 2. The summed E-state index contributed by atoms with van der Waals surface area (Å²) in [5.74, 6) is 0. The first-order valence-electron chi connectivity index (χ1n) is 25.9. The lowest BCUT2D eigenvalue weighted by Crippen LogP contribution is -2.28. The van der Waals surface area contributed by atoms with Gasteiger partial charge < -0.3 is 13.9 Å². The maximum absolute atomic E-state index is 6.58. The molecule has 3 aliphatic carbocycles. The van der Waals surface area contributed by atoms with Gasteiger partial charge in [0.1, 0.15) is 11.2 Å². The molecule has 2 aromatic heterocycles. The summed E-state index contributed by atoms with van der Waals surface area (Å²) in [4.78, 5) is 2.52. The number of rotatable bonds is 6. The van der Waals surface area contributed by atoms with Crippen molar-refractivity contribution < 1.29 is 4.42 Å². The molecule has 0 bridgehead atoms. The van der Waals surface area contributed by atoms with Gasteiger partial charge >= 0.3 is 0 Å². The Hall–Kier alpha value is -8.40. The van der Waals surface area contributed by atoms with Crippen LogP contribution in [0.25, 0.3) is 93.9 Å². The van der Waals surface area contributed by atoms with E-state index in [4.69, 9.17) is 4.42 Å². The van der Waals surface area contributed by atoms with Crippen molar-refractivity contribution in [1.82, 2.24) is 4.57 Å². The fraction of sp³-hybridized carbons (Fsp3) is 0.130. The molecule has 1 spiro atoms. The number of hydrogen-bond donors (Lipinski definition) is 0. The predicted octanol–water partition coefficient (Wildman–Crippen LogP) is 19.0. The number of benzene rings is 10. The van der Waals surface area contributed by atoms with Crippen LogP contribution < -0.4 is 4.90 Å². The number of aromatic nitrogens is 1. The highest BCUT2D eigenvalue weighted by Gasteiger charge is 2.45. The molecule has 10 aromatic carbocycles. The van der Waals surface area contributed by atoms with Crippen molar-refractivity contribution >= 4 is 60.8 Å². The van der Waals surface area contributed by atoms with Crippen molar-refractivity contribution in [3.05, 3.63) is 241 Å². The van der Waals surface area contributed by atoms with Gasteiger partial charge in [0.15, 0.2) is 0 Å². The smallest absolute Gasteiger partial charge is 0.137 e. The van der Waals surface area contributed by atoms with Crippen LogP contribution in [0.5, 0.6) is 0 Å². The number of nitrogens with zero attached hydrogens (tertiary/aromatic N) is 2. The highest BCUT2D eigenvalue weighted by atomic mass is 16.3. The molecule has 344 valence electrons. The van der Waals surface area contributed by atoms with Crippen LogP contribution in [0.1, 0.15) is 68.2 Å². The van der Waals surface area contributed by atoms with Gasteiger partial charge in [0.25, 0.3) is 0 Å². The summed E-state index contributed by atoms with van der Waals surface area (Å²) in [6, 6.07) is 81.5. The zero-order chi connectivity index (χ0) is 47.7. The first-order chi connectivity index (χ1) is 35.4. The molecule has 1 fully saturated rings. The fourth-order valence-electron chi connectivity index (χ4n) is 13.6. The van der Waals surface area contributed by atoms with Gasteiger partial charge in [0, 0.05) is 43.9 Å². The number of fused-ring (bicyclic) bond motifs is 14. The molecular formula is C69H52N2O. The summed E-state index contributed by atoms with van der Waals surface area (Å²) in [6.45, 7) is 4.76. The third-order valence-corrected chi connectivity index (χ3v) is 17.0. The lowest BCUT2D eigenvalue weighted by Gasteiger charge is -2.36. The van der Waals surface area contributed by atoms with Gasteiger partial charge in [-0.3, -0.25) is 0 Å². The zero-order valence-corrected chi connectivity index (χ0v) is 40.6. The molecule has 3 aliphatic rings. The Balaban J connectivity index is 0.917. The van der Waals surface area contributed by atoms with E-state index in [-0.39, 0.29) is 10.8 Å². The van der Waals surface area contributed by atoms with Crippen LogP contribution in [-0.4, -0.2) is 4.57 Å². The van der Waals surface area contributed by atoms with Crippen LogP contribution in [0.15, 0.2) is 223 Å². The van der Waals surface area contributed by atoms with E-state index in [9.17, 15) is 0 Å². The molecule has 0 radical (unpaired) electrons. The Kier molecular flexibility index (Phi) is 8.94. The highest BCUT2D eigenvalue weighted by Crippen LogP contribution is 2.60. The van der Waals surface area contributed by atoms with Gasteiger partial charge in [0.2, 0.25) is 0 Å². The Morgan fingerprint density at radius 2 is 1.06 bits per heavy atom. The molecule has 12 aromatic rings. The maximum Gasteiger partial charge on any atom is 0.137 e. The monoisotopic (exact) mass is 924 g/mol. The first-order valence-corrected chi connectivity index (χ1v) is 25.9. The minimum atomic E-state index is -0.120. The molecule has 0 aliphatic heterocycles. The Labute approximate surface area is 420 Å². The standard InChI is InChI=1S/C69H52N2O/c1-68(2)56-25-10-7-22-50(56)53-42-55-54-41-47(34-37-60(54)71(63(55)43-59(53)68)49-21-15-20-46(40-49)44-18-5-3-6-19-44)45-32-35-48(36-33-45)70(62-29-17-31-65-67(62)52-24-9-12-30-64(52)72-65)61-28-16-27-58-66(61)51-23-8-11-26-57(51)69(58)38-13-4-14-39-69/h3,5-12,15-37,40-43H,4,13-14,38-39H2,1-2H3. The van der Waals surface area contributed by atoms with Gasteiger partial charge in [-0.2, -0.15) is 0 Å². The van der Waals surface area contributed by atoms with Crippen LogP contribution in [0.4, 0.5) is 17.1 Å². The van der Waals surface area contributed by atoms with Crippen LogP contribution in [0.2, 0.25) is 0 Å². The predicted molar refractivity (Wildman–Crippen MR) is 300 cm³/mol. The number of furan rings is 1. The first kappa shape index (κ1) is 41.4. The average molecular weight is 925 g/mol. The van der Waals surface area contributed by atoms with E-state index in [2.05, 4.69) is 242 Å². The summed E-state index contributed by atoms with van der Waals surface area (Å²) in [5, 5.41) is 4.76. The van der Waals surface area contributed by atoms with E-state index in [1.54, 1.807) is 0 Å². The van der Waals surface area contributed by atoms with Crippen molar-refractivity contribution in [2.75, 3.05) is 4.90 Å². The third kappa shape index (κ3) is 5.91. The zero-order valence-electron chi connectivity index (χ0n) is 40.6. The van der Waals surface area contributed by atoms with Crippen molar-refractivity contribution in [3.63, 3.8) is 0 Å². The molecule has 0 N–H and O–H groups in total. The van der Waals surface area contributed by atoms with Crippen molar-refractivity contribution in [1.29, 1.82) is 0 Å². The number of para-hydroxylation sites is 1. The number of anilines is 3. The lowest BCUT2D eigenvalue weighted by molar-refractivity contribution is 0.353. The summed E-state index contributed by atoms with van der Waals surface area (Å²) in [7, 11) is 0.